The van der Waals surface area contributed by atoms with Crippen molar-refractivity contribution >= 4 is 23.4 Å². The van der Waals surface area contributed by atoms with Crippen molar-refractivity contribution in [1.29, 1.82) is 0 Å². The Bertz CT molecular complexity index is 946. The molecule has 1 atom stereocenters. The third-order valence-corrected chi connectivity index (χ3v) is 5.71. The molecule has 1 aromatic heterocycles. The number of likely N-dealkylation sites (tertiary alicyclic amines) is 1. The van der Waals surface area contributed by atoms with E-state index >= 15 is 0 Å². The van der Waals surface area contributed by atoms with Gasteiger partial charge in [0.2, 0.25) is 5.91 Å². The van der Waals surface area contributed by atoms with E-state index in [0.29, 0.717) is 29.9 Å². The lowest BCUT2D eigenvalue weighted by atomic mass is 10.1. The van der Waals surface area contributed by atoms with Crippen LogP contribution in [0.2, 0.25) is 0 Å². The lowest BCUT2D eigenvalue weighted by Gasteiger charge is -2.28. The molecular formula is C22H25FN4O3. The zero-order valence-electron chi connectivity index (χ0n) is 16.7. The number of amides is 3. The van der Waals surface area contributed by atoms with Gasteiger partial charge < -0.3 is 20.1 Å². The topological polar surface area (TPSA) is 83.4 Å². The summed E-state index contributed by atoms with van der Waals surface area (Å²) in [5.41, 5.74) is 1.19. The first-order valence-corrected chi connectivity index (χ1v) is 10.4. The van der Waals surface area contributed by atoms with Gasteiger partial charge in [-0.3, -0.25) is 14.4 Å². The van der Waals surface area contributed by atoms with Gasteiger partial charge in [-0.1, -0.05) is 12.8 Å². The Labute approximate surface area is 174 Å². The van der Waals surface area contributed by atoms with Crippen molar-refractivity contribution in [1.82, 2.24) is 14.8 Å². The predicted octanol–water partition coefficient (Wildman–Crippen LogP) is 2.96. The second-order valence-electron chi connectivity index (χ2n) is 7.85. The number of benzene rings is 1. The van der Waals surface area contributed by atoms with Crippen LogP contribution in [-0.2, 0) is 4.79 Å². The molecule has 1 fully saturated rings. The van der Waals surface area contributed by atoms with E-state index in [1.807, 2.05) is 4.90 Å². The molecule has 7 nitrogen and oxygen atoms in total. The molecule has 1 saturated heterocycles. The van der Waals surface area contributed by atoms with E-state index in [9.17, 15) is 18.8 Å². The molecule has 0 spiro atoms. The van der Waals surface area contributed by atoms with Crippen LogP contribution in [0.25, 0.3) is 0 Å². The number of fused-ring (bicyclic) bond motifs is 1. The lowest BCUT2D eigenvalue weighted by molar-refractivity contribution is -0.132. The number of halogens is 1. The third-order valence-electron chi connectivity index (χ3n) is 5.71. The van der Waals surface area contributed by atoms with Crippen LogP contribution in [-0.4, -0.2) is 46.8 Å². The maximum Gasteiger partial charge on any atom is 0.268 e. The number of rotatable bonds is 4. The van der Waals surface area contributed by atoms with Gasteiger partial charge in [-0.15, -0.1) is 0 Å². The lowest BCUT2D eigenvalue weighted by Crippen LogP contribution is -2.41. The fourth-order valence-corrected chi connectivity index (χ4v) is 4.06. The SMILES string of the molecule is O=C(Nc1cc2n(c1)C(CC(=O)N1CCCCCC1)CNC2=O)c1ccc(F)cc1. The highest BCUT2D eigenvalue weighted by Crippen LogP contribution is 2.26. The van der Waals surface area contributed by atoms with E-state index in [-0.39, 0.29) is 17.9 Å². The molecule has 1 aromatic carbocycles. The van der Waals surface area contributed by atoms with Crippen LogP contribution in [0, 0.1) is 5.82 Å². The number of hydrogen-bond donors (Lipinski definition) is 2. The molecule has 2 N–H and O–H groups in total. The van der Waals surface area contributed by atoms with Crippen LogP contribution in [0.15, 0.2) is 36.5 Å². The van der Waals surface area contributed by atoms with Crippen molar-refractivity contribution in [3.05, 3.63) is 53.6 Å². The van der Waals surface area contributed by atoms with E-state index in [4.69, 9.17) is 0 Å². The summed E-state index contributed by atoms with van der Waals surface area (Å²) >= 11 is 0. The molecule has 0 aliphatic carbocycles. The number of hydrogen-bond acceptors (Lipinski definition) is 3. The molecule has 1 unspecified atom stereocenters. The van der Waals surface area contributed by atoms with Crippen molar-refractivity contribution < 1.29 is 18.8 Å². The number of nitrogens with one attached hydrogen (secondary N) is 2. The molecule has 30 heavy (non-hydrogen) atoms. The first-order valence-electron chi connectivity index (χ1n) is 10.4. The average molecular weight is 412 g/mol. The standard InChI is InChI=1S/C22H25FN4O3/c23-16-7-5-15(6-8-16)21(29)25-17-11-19-22(30)24-13-18(27(19)14-17)12-20(28)26-9-3-1-2-4-10-26/h5-8,11,14,18H,1-4,9-10,12-13H2,(H,24,30)(H,25,29). The summed E-state index contributed by atoms with van der Waals surface area (Å²) in [6.45, 7) is 1.94. The summed E-state index contributed by atoms with van der Waals surface area (Å²) in [4.78, 5) is 39.4. The Kier molecular flexibility index (Phi) is 5.83. The van der Waals surface area contributed by atoms with Gasteiger partial charge in [0.05, 0.1) is 11.7 Å². The Balaban J connectivity index is 1.48. The minimum absolute atomic E-state index is 0.0922. The van der Waals surface area contributed by atoms with E-state index in [1.54, 1.807) is 16.8 Å². The fraction of sp³-hybridized carbons (Fsp3) is 0.409. The van der Waals surface area contributed by atoms with Crippen LogP contribution in [0.1, 0.15) is 59.0 Å². The molecule has 8 heteroatoms. The Morgan fingerprint density at radius 1 is 1.10 bits per heavy atom. The van der Waals surface area contributed by atoms with Gasteiger partial charge in [-0.2, -0.15) is 0 Å². The van der Waals surface area contributed by atoms with Crippen LogP contribution in [0.5, 0.6) is 0 Å². The minimum Gasteiger partial charge on any atom is -0.349 e. The molecule has 0 saturated carbocycles. The molecule has 0 bridgehead atoms. The quantitative estimate of drug-likeness (QED) is 0.810. The largest absolute Gasteiger partial charge is 0.349 e. The fourth-order valence-electron chi connectivity index (χ4n) is 4.06. The number of carbonyl (C=O) groups excluding carboxylic acids is 3. The van der Waals surface area contributed by atoms with Gasteiger partial charge in [0.25, 0.3) is 11.8 Å². The minimum atomic E-state index is -0.417. The van der Waals surface area contributed by atoms with Gasteiger partial charge >= 0.3 is 0 Å². The van der Waals surface area contributed by atoms with Gasteiger partial charge in [-0.25, -0.2) is 4.39 Å². The van der Waals surface area contributed by atoms with E-state index in [0.717, 1.165) is 38.8 Å². The number of anilines is 1. The van der Waals surface area contributed by atoms with Crippen molar-refractivity contribution in [3.63, 3.8) is 0 Å². The van der Waals surface area contributed by atoms with E-state index in [1.165, 1.54) is 24.3 Å². The van der Waals surface area contributed by atoms with Crippen molar-refractivity contribution in [2.75, 3.05) is 25.0 Å². The van der Waals surface area contributed by atoms with Crippen molar-refractivity contribution in [3.8, 4) is 0 Å². The number of aromatic nitrogens is 1. The van der Waals surface area contributed by atoms with Crippen molar-refractivity contribution in [2.45, 2.75) is 38.1 Å². The number of carbonyl (C=O) groups is 3. The van der Waals surface area contributed by atoms with Gasteiger partial charge in [0.15, 0.2) is 0 Å². The number of nitrogens with zero attached hydrogens (tertiary/aromatic N) is 2. The summed E-state index contributed by atoms with van der Waals surface area (Å²) in [7, 11) is 0. The van der Waals surface area contributed by atoms with Crippen molar-refractivity contribution in [2.24, 2.45) is 0 Å². The Morgan fingerprint density at radius 2 is 1.80 bits per heavy atom. The van der Waals surface area contributed by atoms with Crippen LogP contribution in [0.3, 0.4) is 0 Å². The van der Waals surface area contributed by atoms with Gasteiger partial charge in [0.1, 0.15) is 11.5 Å². The molecule has 3 heterocycles. The highest BCUT2D eigenvalue weighted by Gasteiger charge is 2.29. The smallest absolute Gasteiger partial charge is 0.268 e. The maximum absolute atomic E-state index is 13.1. The Morgan fingerprint density at radius 3 is 2.50 bits per heavy atom. The monoisotopic (exact) mass is 412 g/mol. The second kappa shape index (κ2) is 8.69. The zero-order chi connectivity index (χ0) is 21.1. The summed E-state index contributed by atoms with van der Waals surface area (Å²) in [6, 6.07) is 6.63. The maximum atomic E-state index is 13.1. The highest BCUT2D eigenvalue weighted by molar-refractivity contribution is 6.05. The van der Waals surface area contributed by atoms with E-state index < -0.39 is 11.7 Å². The molecule has 2 aromatic rings. The first kappa shape index (κ1) is 20.1. The summed E-state index contributed by atoms with van der Waals surface area (Å²) < 4.78 is 14.8. The summed E-state index contributed by atoms with van der Waals surface area (Å²) in [5.74, 6) is -0.958. The Hall–Kier alpha value is -3.16. The third kappa shape index (κ3) is 4.37. The van der Waals surface area contributed by atoms with Crippen LogP contribution in [0.4, 0.5) is 10.1 Å². The molecular weight excluding hydrogens is 387 g/mol. The van der Waals surface area contributed by atoms with Crippen LogP contribution < -0.4 is 10.6 Å². The first-order chi connectivity index (χ1) is 14.5. The predicted molar refractivity (Wildman–Crippen MR) is 110 cm³/mol. The zero-order valence-corrected chi connectivity index (χ0v) is 16.7. The normalized spacial score (nSPS) is 18.9. The van der Waals surface area contributed by atoms with E-state index in [2.05, 4.69) is 10.6 Å². The molecule has 3 amide bonds. The summed E-state index contributed by atoms with van der Waals surface area (Å²) in [6.07, 6.45) is 6.36. The molecule has 2 aliphatic heterocycles. The molecule has 158 valence electrons. The second-order valence-corrected chi connectivity index (χ2v) is 7.85. The molecule has 0 radical (unpaired) electrons. The van der Waals surface area contributed by atoms with Crippen LogP contribution >= 0.6 is 0 Å². The summed E-state index contributed by atoms with van der Waals surface area (Å²) in [5, 5.41) is 5.57. The molecule has 2 aliphatic rings. The van der Waals surface area contributed by atoms with Gasteiger partial charge in [0, 0.05) is 37.8 Å². The highest BCUT2D eigenvalue weighted by atomic mass is 19.1. The van der Waals surface area contributed by atoms with Gasteiger partial charge in [-0.05, 0) is 43.2 Å². The average Bonchev–Trinajstić information content (AvgIpc) is 2.97. The molecule has 4 rings (SSSR count).